The molecule has 10 heteroatoms. The number of methoxy groups -OCH3 is 1. The molecule has 0 radical (unpaired) electrons. The molecule has 0 bridgehead atoms. The summed E-state index contributed by atoms with van der Waals surface area (Å²) in [5.74, 6) is -0.445. The summed E-state index contributed by atoms with van der Waals surface area (Å²) in [6.45, 7) is 3.77. The van der Waals surface area contributed by atoms with Gasteiger partial charge in [0, 0.05) is 4.47 Å². The van der Waals surface area contributed by atoms with Gasteiger partial charge in [-0.05, 0) is 106 Å². The molecule has 196 valence electrons. The molecule has 1 saturated heterocycles. The molecule has 1 fully saturated rings. The Labute approximate surface area is 232 Å². The number of ether oxygens (including phenoxy) is 2. The minimum absolute atomic E-state index is 0.0547. The van der Waals surface area contributed by atoms with Crippen LogP contribution < -0.4 is 14.8 Å². The van der Waals surface area contributed by atoms with Crippen molar-refractivity contribution >= 4 is 56.5 Å². The van der Waals surface area contributed by atoms with E-state index in [1.807, 2.05) is 26.0 Å². The maximum Gasteiger partial charge on any atom is 0.293 e. The summed E-state index contributed by atoms with van der Waals surface area (Å²) < 4.78 is 25.0. The van der Waals surface area contributed by atoms with Gasteiger partial charge in [-0.2, -0.15) is 0 Å². The molecule has 7 nitrogen and oxygen atoms in total. The maximum absolute atomic E-state index is 13.2. The van der Waals surface area contributed by atoms with Crippen molar-refractivity contribution in [2.75, 3.05) is 19.0 Å². The fraction of sp³-hybridized carbons (Fsp3) is 0.179. The van der Waals surface area contributed by atoms with E-state index in [9.17, 15) is 18.8 Å². The topological polar surface area (TPSA) is 84.9 Å². The summed E-state index contributed by atoms with van der Waals surface area (Å²) in [5, 5.41) is 2.42. The Kier molecular flexibility index (Phi) is 8.53. The van der Waals surface area contributed by atoms with Gasteiger partial charge in [-0.3, -0.25) is 19.3 Å². The van der Waals surface area contributed by atoms with E-state index in [1.165, 1.54) is 31.4 Å². The molecule has 1 N–H and O–H groups in total. The second-order valence-electron chi connectivity index (χ2n) is 8.56. The van der Waals surface area contributed by atoms with Gasteiger partial charge < -0.3 is 14.8 Å². The normalized spacial score (nSPS) is 14.2. The second kappa shape index (κ2) is 11.8. The van der Waals surface area contributed by atoms with E-state index in [-0.39, 0.29) is 29.8 Å². The number of halogens is 2. The fourth-order valence-corrected chi connectivity index (χ4v) is 5.05. The molecule has 0 aliphatic carbocycles. The first-order valence-electron chi connectivity index (χ1n) is 11.5. The van der Waals surface area contributed by atoms with Crippen LogP contribution in [-0.2, 0) is 16.1 Å². The highest BCUT2D eigenvalue weighted by Crippen LogP contribution is 2.35. The number of rotatable bonds is 8. The van der Waals surface area contributed by atoms with Gasteiger partial charge in [-0.1, -0.05) is 18.2 Å². The number of imide groups is 1. The predicted molar refractivity (Wildman–Crippen MR) is 149 cm³/mol. The molecule has 1 aliphatic rings. The molecule has 3 aromatic rings. The second-order valence-corrected chi connectivity index (χ2v) is 10.4. The van der Waals surface area contributed by atoms with E-state index < -0.39 is 11.1 Å². The van der Waals surface area contributed by atoms with Crippen LogP contribution in [0.4, 0.5) is 14.9 Å². The largest absolute Gasteiger partial charge is 0.493 e. The minimum atomic E-state index is -0.433. The molecule has 0 spiro atoms. The monoisotopic (exact) mass is 598 g/mol. The number of benzene rings is 3. The van der Waals surface area contributed by atoms with Gasteiger partial charge in [-0.15, -0.1) is 0 Å². The first-order chi connectivity index (χ1) is 18.1. The van der Waals surface area contributed by atoms with Crippen molar-refractivity contribution in [2.24, 2.45) is 0 Å². The predicted octanol–water partition coefficient (Wildman–Crippen LogP) is 6.47. The van der Waals surface area contributed by atoms with Gasteiger partial charge in [0.05, 0.1) is 24.2 Å². The zero-order valence-electron chi connectivity index (χ0n) is 20.8. The number of nitrogens with zero attached hydrogens (tertiary/aromatic N) is 1. The van der Waals surface area contributed by atoms with E-state index in [1.54, 1.807) is 24.3 Å². The van der Waals surface area contributed by atoms with Crippen molar-refractivity contribution in [2.45, 2.75) is 20.4 Å². The molecule has 3 amide bonds. The first-order valence-corrected chi connectivity index (χ1v) is 13.1. The molecular weight excluding hydrogens is 575 g/mol. The Morgan fingerprint density at radius 2 is 1.76 bits per heavy atom. The van der Waals surface area contributed by atoms with Gasteiger partial charge in [0.1, 0.15) is 5.82 Å². The van der Waals surface area contributed by atoms with Crippen LogP contribution in [0.2, 0.25) is 0 Å². The van der Waals surface area contributed by atoms with E-state index in [4.69, 9.17) is 9.47 Å². The van der Waals surface area contributed by atoms with Crippen LogP contribution >= 0.6 is 27.7 Å². The van der Waals surface area contributed by atoms with Crippen molar-refractivity contribution in [3.8, 4) is 11.5 Å². The first kappa shape index (κ1) is 27.4. The SMILES string of the molecule is COc1cc(/C=C2\SC(=O)N(Cc3ccc(F)cc3)C2=O)ccc1OCC(=O)Nc1cc(C)c(C)cc1Br. The number of aryl methyl sites for hydroxylation is 2. The van der Waals surface area contributed by atoms with Crippen molar-refractivity contribution in [1.82, 2.24) is 4.90 Å². The number of anilines is 1. The summed E-state index contributed by atoms with van der Waals surface area (Å²) in [7, 11) is 1.47. The molecule has 0 unspecified atom stereocenters. The molecule has 38 heavy (non-hydrogen) atoms. The number of nitrogens with one attached hydrogen (secondary N) is 1. The zero-order chi connectivity index (χ0) is 27.4. The van der Waals surface area contributed by atoms with E-state index in [0.29, 0.717) is 28.3 Å². The third kappa shape index (κ3) is 6.43. The number of thioether (sulfide) groups is 1. The quantitative estimate of drug-likeness (QED) is 0.299. The number of carbonyl (C=O) groups excluding carboxylic acids is 3. The average molecular weight is 599 g/mol. The van der Waals surface area contributed by atoms with Crippen LogP contribution in [0.25, 0.3) is 6.08 Å². The Morgan fingerprint density at radius 1 is 1.05 bits per heavy atom. The molecule has 0 atom stereocenters. The lowest BCUT2D eigenvalue weighted by atomic mass is 10.1. The average Bonchev–Trinajstić information content (AvgIpc) is 3.14. The summed E-state index contributed by atoms with van der Waals surface area (Å²) >= 11 is 4.29. The van der Waals surface area contributed by atoms with Crippen LogP contribution in [0.5, 0.6) is 11.5 Å². The highest BCUT2D eigenvalue weighted by Gasteiger charge is 2.35. The maximum atomic E-state index is 13.2. The van der Waals surface area contributed by atoms with Crippen molar-refractivity contribution < 1.29 is 28.2 Å². The third-order valence-corrected chi connectivity index (χ3v) is 7.39. The molecule has 4 rings (SSSR count). The minimum Gasteiger partial charge on any atom is -0.493 e. The van der Waals surface area contributed by atoms with Crippen molar-refractivity contribution in [1.29, 1.82) is 0 Å². The van der Waals surface area contributed by atoms with E-state index >= 15 is 0 Å². The Morgan fingerprint density at radius 3 is 2.47 bits per heavy atom. The van der Waals surface area contributed by atoms with Crippen LogP contribution in [0.15, 0.2) is 64.0 Å². The number of carbonyl (C=O) groups is 3. The number of hydrogen-bond donors (Lipinski definition) is 1. The number of hydrogen-bond acceptors (Lipinski definition) is 6. The van der Waals surface area contributed by atoms with Crippen LogP contribution in [0, 0.1) is 19.7 Å². The van der Waals surface area contributed by atoms with E-state index in [2.05, 4.69) is 21.2 Å². The van der Waals surface area contributed by atoms with Gasteiger partial charge in [0.2, 0.25) is 0 Å². The zero-order valence-corrected chi connectivity index (χ0v) is 23.2. The third-order valence-electron chi connectivity index (χ3n) is 5.83. The molecule has 1 aliphatic heterocycles. The molecule has 0 saturated carbocycles. The lowest BCUT2D eigenvalue weighted by Gasteiger charge is -2.13. The number of amides is 3. The Hall–Kier alpha value is -3.63. The molecule has 1 heterocycles. The highest BCUT2D eigenvalue weighted by molar-refractivity contribution is 9.10. The smallest absolute Gasteiger partial charge is 0.293 e. The van der Waals surface area contributed by atoms with E-state index in [0.717, 1.165) is 32.3 Å². The van der Waals surface area contributed by atoms with Crippen LogP contribution in [-0.4, -0.2) is 35.7 Å². The lowest BCUT2D eigenvalue weighted by Crippen LogP contribution is -2.27. The van der Waals surface area contributed by atoms with Crippen molar-refractivity contribution in [3.05, 3.63) is 92.0 Å². The standard InChI is InChI=1S/C28H24BrFN2O5S/c1-16-10-21(29)22(11-17(16)2)31-26(33)15-37-23-9-6-19(12-24(23)36-3)13-25-27(34)32(28(35)38-25)14-18-4-7-20(30)8-5-18/h4-13H,14-15H2,1-3H3,(H,31,33)/b25-13-. The van der Waals surface area contributed by atoms with Gasteiger partial charge in [0.25, 0.3) is 17.1 Å². The van der Waals surface area contributed by atoms with Gasteiger partial charge in [0.15, 0.2) is 18.1 Å². The Balaban J connectivity index is 1.42. The molecule has 0 aromatic heterocycles. The lowest BCUT2D eigenvalue weighted by molar-refractivity contribution is -0.123. The van der Waals surface area contributed by atoms with Crippen LogP contribution in [0.3, 0.4) is 0 Å². The Bertz CT molecular complexity index is 1440. The molecular formula is C28H24BrFN2O5S. The molecule has 3 aromatic carbocycles. The summed E-state index contributed by atoms with van der Waals surface area (Å²) in [6.07, 6.45) is 1.59. The van der Waals surface area contributed by atoms with Crippen LogP contribution in [0.1, 0.15) is 22.3 Å². The summed E-state index contributed by atoms with van der Waals surface area (Å²) in [4.78, 5) is 39.1. The summed E-state index contributed by atoms with van der Waals surface area (Å²) in [6, 6.07) is 14.4. The summed E-state index contributed by atoms with van der Waals surface area (Å²) in [5.41, 5.74) is 4.07. The fourth-order valence-electron chi connectivity index (χ4n) is 3.66. The van der Waals surface area contributed by atoms with Gasteiger partial charge >= 0.3 is 0 Å². The van der Waals surface area contributed by atoms with Gasteiger partial charge in [-0.25, -0.2) is 4.39 Å². The highest BCUT2D eigenvalue weighted by atomic mass is 79.9. The van der Waals surface area contributed by atoms with Crippen molar-refractivity contribution in [3.63, 3.8) is 0 Å².